The van der Waals surface area contributed by atoms with Gasteiger partial charge in [-0.15, -0.1) is 0 Å². The standard InChI is InChI=1S/C15H22ClFN2O2S/c1-3-14(12-5-4-6-13(16)15(12)17)18-9-11-7-8-19(10-11)22(2,20)21/h4-6,11,14,18H,3,7-10H2,1-2H3/t11-,14+/m1/s1. The summed E-state index contributed by atoms with van der Waals surface area (Å²) in [6.07, 6.45) is 2.80. The fraction of sp³-hybridized carbons (Fsp3) is 0.600. The minimum absolute atomic E-state index is 0.119. The van der Waals surface area contributed by atoms with Crippen LogP contribution in [0.15, 0.2) is 18.2 Å². The van der Waals surface area contributed by atoms with Crippen LogP contribution in [0, 0.1) is 11.7 Å². The topological polar surface area (TPSA) is 49.4 Å². The van der Waals surface area contributed by atoms with E-state index in [1.165, 1.54) is 16.6 Å². The van der Waals surface area contributed by atoms with Crippen LogP contribution in [0.2, 0.25) is 5.02 Å². The van der Waals surface area contributed by atoms with Gasteiger partial charge in [0.05, 0.1) is 11.3 Å². The minimum atomic E-state index is -3.12. The summed E-state index contributed by atoms with van der Waals surface area (Å²) >= 11 is 5.84. The SMILES string of the molecule is CC[C@H](NC[C@H]1CCN(S(C)(=O)=O)C1)c1cccc(Cl)c1F. The molecule has 124 valence electrons. The van der Waals surface area contributed by atoms with E-state index in [-0.39, 0.29) is 22.8 Å². The first kappa shape index (κ1) is 17.7. The third kappa shape index (κ3) is 4.19. The molecule has 1 saturated heterocycles. The predicted molar refractivity (Wildman–Crippen MR) is 87.0 cm³/mol. The average Bonchev–Trinajstić information content (AvgIpc) is 2.93. The van der Waals surface area contributed by atoms with Crippen molar-refractivity contribution in [3.63, 3.8) is 0 Å². The summed E-state index contributed by atoms with van der Waals surface area (Å²) in [5.74, 6) is -0.126. The first-order chi connectivity index (χ1) is 10.3. The molecule has 1 fully saturated rings. The van der Waals surface area contributed by atoms with E-state index in [4.69, 9.17) is 11.6 Å². The van der Waals surface area contributed by atoms with Gasteiger partial charge in [0, 0.05) is 24.7 Å². The summed E-state index contributed by atoms with van der Waals surface area (Å²) in [5.41, 5.74) is 0.563. The van der Waals surface area contributed by atoms with Crippen molar-refractivity contribution >= 4 is 21.6 Å². The molecule has 7 heteroatoms. The smallest absolute Gasteiger partial charge is 0.211 e. The van der Waals surface area contributed by atoms with Crippen molar-refractivity contribution < 1.29 is 12.8 Å². The number of hydrogen-bond acceptors (Lipinski definition) is 3. The van der Waals surface area contributed by atoms with Gasteiger partial charge in [-0.05, 0) is 31.4 Å². The molecule has 2 rings (SSSR count). The van der Waals surface area contributed by atoms with Crippen molar-refractivity contribution in [1.29, 1.82) is 0 Å². The van der Waals surface area contributed by atoms with Crippen molar-refractivity contribution in [3.05, 3.63) is 34.6 Å². The second kappa shape index (κ2) is 7.25. The number of rotatable bonds is 6. The molecule has 1 heterocycles. The van der Waals surface area contributed by atoms with Gasteiger partial charge in [-0.3, -0.25) is 0 Å². The Labute approximate surface area is 136 Å². The normalized spacial score (nSPS) is 21.2. The third-order valence-corrected chi connectivity index (χ3v) is 5.70. The van der Waals surface area contributed by atoms with Gasteiger partial charge < -0.3 is 5.32 Å². The van der Waals surface area contributed by atoms with Crippen LogP contribution in [-0.4, -0.2) is 38.6 Å². The molecule has 4 nitrogen and oxygen atoms in total. The molecule has 0 bridgehead atoms. The molecule has 0 saturated carbocycles. The lowest BCUT2D eigenvalue weighted by molar-refractivity contribution is 0.413. The van der Waals surface area contributed by atoms with Crippen molar-refractivity contribution in [2.24, 2.45) is 5.92 Å². The summed E-state index contributed by atoms with van der Waals surface area (Å²) in [4.78, 5) is 0. The van der Waals surface area contributed by atoms with Crippen LogP contribution in [0.4, 0.5) is 4.39 Å². The van der Waals surface area contributed by atoms with E-state index in [0.717, 1.165) is 12.8 Å². The Morgan fingerprint density at radius 2 is 2.23 bits per heavy atom. The fourth-order valence-electron chi connectivity index (χ4n) is 2.84. The second-order valence-corrected chi connectivity index (χ2v) is 8.18. The van der Waals surface area contributed by atoms with Gasteiger partial charge in [0.15, 0.2) is 0 Å². The van der Waals surface area contributed by atoms with Crippen LogP contribution in [-0.2, 0) is 10.0 Å². The molecule has 0 aliphatic carbocycles. The molecule has 1 aliphatic rings. The molecule has 1 N–H and O–H groups in total. The lowest BCUT2D eigenvalue weighted by Crippen LogP contribution is -2.31. The third-order valence-electron chi connectivity index (χ3n) is 4.14. The highest BCUT2D eigenvalue weighted by molar-refractivity contribution is 7.88. The average molecular weight is 349 g/mol. The quantitative estimate of drug-likeness (QED) is 0.860. The molecule has 0 spiro atoms. The Bertz CT molecular complexity index is 624. The van der Waals surface area contributed by atoms with Crippen LogP contribution in [0.3, 0.4) is 0 Å². The summed E-state index contributed by atoms with van der Waals surface area (Å²) < 4.78 is 38.6. The molecule has 0 amide bonds. The van der Waals surface area contributed by atoms with Crippen LogP contribution < -0.4 is 5.32 Å². The maximum atomic E-state index is 14.1. The second-order valence-electron chi connectivity index (χ2n) is 5.79. The van der Waals surface area contributed by atoms with Gasteiger partial charge in [0.25, 0.3) is 0 Å². The van der Waals surface area contributed by atoms with Gasteiger partial charge >= 0.3 is 0 Å². The Hall–Kier alpha value is -0.690. The van der Waals surface area contributed by atoms with Gasteiger partial charge in [-0.1, -0.05) is 30.7 Å². The summed E-state index contributed by atoms with van der Waals surface area (Å²) in [6, 6.07) is 4.89. The number of benzene rings is 1. The number of hydrogen-bond donors (Lipinski definition) is 1. The first-order valence-electron chi connectivity index (χ1n) is 7.45. The van der Waals surface area contributed by atoms with Crippen LogP contribution in [0.25, 0.3) is 0 Å². The van der Waals surface area contributed by atoms with Crippen molar-refractivity contribution in [2.75, 3.05) is 25.9 Å². The van der Waals surface area contributed by atoms with Crippen LogP contribution in [0.5, 0.6) is 0 Å². The van der Waals surface area contributed by atoms with Crippen molar-refractivity contribution in [2.45, 2.75) is 25.8 Å². The summed E-state index contributed by atoms with van der Waals surface area (Å²) in [7, 11) is -3.12. The zero-order valence-corrected chi connectivity index (χ0v) is 14.4. The Morgan fingerprint density at radius 1 is 1.50 bits per heavy atom. The molecule has 0 radical (unpaired) electrons. The molecule has 1 aromatic carbocycles. The lowest BCUT2D eigenvalue weighted by atomic mass is 10.0. The molecule has 2 atom stereocenters. The van der Waals surface area contributed by atoms with E-state index in [1.54, 1.807) is 12.1 Å². The Kier molecular flexibility index (Phi) is 5.82. The molecular formula is C15H22ClFN2O2S. The molecule has 1 aliphatic heterocycles. The van der Waals surface area contributed by atoms with Crippen molar-refractivity contribution in [1.82, 2.24) is 9.62 Å². The van der Waals surface area contributed by atoms with Gasteiger partial charge in [0.1, 0.15) is 5.82 Å². The largest absolute Gasteiger partial charge is 0.310 e. The van der Waals surface area contributed by atoms with E-state index in [2.05, 4.69) is 5.32 Å². The monoisotopic (exact) mass is 348 g/mol. The number of nitrogens with zero attached hydrogens (tertiary/aromatic N) is 1. The van der Waals surface area contributed by atoms with Crippen LogP contribution in [0.1, 0.15) is 31.4 Å². The van der Waals surface area contributed by atoms with E-state index in [0.29, 0.717) is 25.2 Å². The number of sulfonamides is 1. The highest BCUT2D eigenvalue weighted by Crippen LogP contribution is 2.26. The molecule has 0 unspecified atom stereocenters. The maximum Gasteiger partial charge on any atom is 0.211 e. The Morgan fingerprint density at radius 3 is 2.82 bits per heavy atom. The lowest BCUT2D eigenvalue weighted by Gasteiger charge is -2.21. The van der Waals surface area contributed by atoms with Crippen molar-refractivity contribution in [3.8, 4) is 0 Å². The molecular weight excluding hydrogens is 327 g/mol. The fourth-order valence-corrected chi connectivity index (χ4v) is 3.94. The highest BCUT2D eigenvalue weighted by Gasteiger charge is 2.29. The zero-order chi connectivity index (χ0) is 16.3. The zero-order valence-electron chi connectivity index (χ0n) is 12.9. The van der Waals surface area contributed by atoms with Gasteiger partial charge in [0.2, 0.25) is 10.0 Å². The van der Waals surface area contributed by atoms with Crippen LogP contribution >= 0.6 is 11.6 Å². The predicted octanol–water partition coefficient (Wildman–Crippen LogP) is 2.80. The molecule has 1 aromatic rings. The van der Waals surface area contributed by atoms with E-state index in [9.17, 15) is 12.8 Å². The first-order valence-corrected chi connectivity index (χ1v) is 9.68. The van der Waals surface area contributed by atoms with Gasteiger partial charge in [-0.2, -0.15) is 0 Å². The molecule has 22 heavy (non-hydrogen) atoms. The maximum absolute atomic E-state index is 14.1. The highest BCUT2D eigenvalue weighted by atomic mass is 35.5. The van der Waals surface area contributed by atoms with E-state index in [1.807, 2.05) is 6.92 Å². The molecule has 0 aromatic heterocycles. The number of nitrogens with one attached hydrogen (secondary N) is 1. The Balaban J connectivity index is 1.97. The van der Waals surface area contributed by atoms with Gasteiger partial charge in [-0.25, -0.2) is 17.1 Å². The number of halogens is 2. The summed E-state index contributed by atoms with van der Waals surface area (Å²) in [5, 5.41) is 3.47. The minimum Gasteiger partial charge on any atom is -0.310 e. The van der Waals surface area contributed by atoms with E-state index < -0.39 is 10.0 Å². The summed E-state index contributed by atoms with van der Waals surface area (Å²) in [6.45, 7) is 3.74. The van der Waals surface area contributed by atoms with E-state index >= 15 is 0 Å².